The summed E-state index contributed by atoms with van der Waals surface area (Å²) in [5, 5.41) is 4.03. The molecule has 1 saturated carbocycles. The lowest BCUT2D eigenvalue weighted by atomic mass is 10.2. The summed E-state index contributed by atoms with van der Waals surface area (Å²) in [6.45, 7) is 3.66. The molecule has 0 aromatic carbocycles. The normalized spacial score (nSPS) is 17.8. The van der Waals surface area contributed by atoms with Gasteiger partial charge >= 0.3 is 0 Å². The first kappa shape index (κ1) is 15.5. The van der Waals surface area contributed by atoms with Crippen molar-refractivity contribution in [2.45, 2.75) is 19.4 Å². The maximum absolute atomic E-state index is 12.0. The van der Waals surface area contributed by atoms with Crippen LogP contribution in [0.2, 0.25) is 0 Å². The van der Waals surface area contributed by atoms with Gasteiger partial charge in [0.25, 0.3) is 0 Å². The van der Waals surface area contributed by atoms with E-state index in [4.69, 9.17) is 9.72 Å². The number of nitrogens with one attached hydrogen (secondary N) is 1. The van der Waals surface area contributed by atoms with Crippen molar-refractivity contribution in [3.8, 4) is 10.4 Å². The molecule has 2 aromatic rings. The zero-order valence-corrected chi connectivity index (χ0v) is 14.2. The summed E-state index contributed by atoms with van der Waals surface area (Å²) >= 11 is 1.67. The van der Waals surface area contributed by atoms with Crippen LogP contribution in [0.4, 0.5) is 5.13 Å². The van der Waals surface area contributed by atoms with Crippen molar-refractivity contribution in [2.75, 3.05) is 31.2 Å². The molecule has 1 N–H and O–H groups in total. The van der Waals surface area contributed by atoms with Crippen molar-refractivity contribution in [1.82, 2.24) is 15.3 Å². The number of amides is 1. The van der Waals surface area contributed by atoms with E-state index in [9.17, 15) is 4.79 Å². The second kappa shape index (κ2) is 6.86. The average Bonchev–Trinajstić information content (AvgIpc) is 3.41. The van der Waals surface area contributed by atoms with Gasteiger partial charge in [-0.15, -0.1) is 0 Å². The van der Waals surface area contributed by atoms with Crippen molar-refractivity contribution in [2.24, 2.45) is 5.92 Å². The first-order valence-electron chi connectivity index (χ1n) is 8.32. The SMILES string of the molecule is O=C(NCc1nc(N2CCOCC2)sc1-c1ccncc1)C1CC1. The zero-order chi connectivity index (χ0) is 16.4. The van der Waals surface area contributed by atoms with Crippen molar-refractivity contribution < 1.29 is 9.53 Å². The molecule has 1 saturated heterocycles. The molecule has 0 atom stereocenters. The number of morpholine rings is 1. The number of ether oxygens (including phenoxy) is 1. The van der Waals surface area contributed by atoms with E-state index in [0.717, 1.165) is 60.4 Å². The summed E-state index contributed by atoms with van der Waals surface area (Å²) in [6.07, 6.45) is 5.60. The van der Waals surface area contributed by atoms with Gasteiger partial charge in [-0.25, -0.2) is 4.98 Å². The van der Waals surface area contributed by atoms with E-state index < -0.39 is 0 Å². The molecule has 7 heteroatoms. The molecule has 0 unspecified atom stereocenters. The first-order valence-corrected chi connectivity index (χ1v) is 9.13. The number of carbonyl (C=O) groups is 1. The molecule has 3 heterocycles. The molecule has 126 valence electrons. The van der Waals surface area contributed by atoms with Gasteiger partial charge < -0.3 is 15.0 Å². The lowest BCUT2D eigenvalue weighted by molar-refractivity contribution is -0.122. The molecule has 0 radical (unpaired) electrons. The lowest BCUT2D eigenvalue weighted by Gasteiger charge is -2.26. The monoisotopic (exact) mass is 344 g/mol. The number of pyridine rings is 1. The number of thiazole rings is 1. The summed E-state index contributed by atoms with van der Waals surface area (Å²) in [4.78, 5) is 24.2. The fraction of sp³-hybridized carbons (Fsp3) is 0.471. The number of carbonyl (C=O) groups excluding carboxylic acids is 1. The largest absolute Gasteiger partial charge is 0.378 e. The standard InChI is InChI=1S/C17H20N4O2S/c22-16(13-1-2-13)19-11-14-15(12-3-5-18-6-4-12)24-17(20-14)21-7-9-23-10-8-21/h3-6,13H,1-2,7-11H2,(H,19,22). The topological polar surface area (TPSA) is 67.4 Å². The molecule has 2 aliphatic rings. The molecule has 24 heavy (non-hydrogen) atoms. The van der Waals surface area contributed by atoms with E-state index in [0.29, 0.717) is 6.54 Å². The Morgan fingerprint density at radius 2 is 2.04 bits per heavy atom. The van der Waals surface area contributed by atoms with E-state index in [2.05, 4.69) is 15.2 Å². The van der Waals surface area contributed by atoms with Crippen LogP contribution in [0.3, 0.4) is 0 Å². The molecule has 1 aliphatic heterocycles. The van der Waals surface area contributed by atoms with E-state index in [1.807, 2.05) is 12.1 Å². The minimum atomic E-state index is 0.150. The molecule has 1 amide bonds. The van der Waals surface area contributed by atoms with Gasteiger partial charge in [0.15, 0.2) is 5.13 Å². The van der Waals surface area contributed by atoms with E-state index in [1.165, 1.54) is 0 Å². The third kappa shape index (κ3) is 3.42. The quantitative estimate of drug-likeness (QED) is 0.899. The van der Waals surface area contributed by atoms with Crippen LogP contribution >= 0.6 is 11.3 Å². The second-order valence-corrected chi connectivity index (χ2v) is 7.08. The van der Waals surface area contributed by atoms with Crippen LogP contribution in [0.15, 0.2) is 24.5 Å². The number of anilines is 1. The van der Waals surface area contributed by atoms with Gasteiger partial charge in [0, 0.05) is 31.4 Å². The molecular weight excluding hydrogens is 324 g/mol. The Labute approximate surface area is 144 Å². The number of hydrogen-bond acceptors (Lipinski definition) is 6. The Kier molecular flexibility index (Phi) is 4.44. The lowest BCUT2D eigenvalue weighted by Crippen LogP contribution is -2.36. The highest BCUT2D eigenvalue weighted by Crippen LogP contribution is 2.35. The van der Waals surface area contributed by atoms with Gasteiger partial charge in [-0.2, -0.15) is 0 Å². The van der Waals surface area contributed by atoms with Gasteiger partial charge in [-0.05, 0) is 30.5 Å². The molecule has 0 spiro atoms. The highest BCUT2D eigenvalue weighted by molar-refractivity contribution is 7.19. The zero-order valence-electron chi connectivity index (χ0n) is 13.4. The van der Waals surface area contributed by atoms with E-state index in [-0.39, 0.29) is 11.8 Å². The minimum absolute atomic E-state index is 0.150. The molecular formula is C17H20N4O2S. The number of nitrogens with zero attached hydrogens (tertiary/aromatic N) is 3. The van der Waals surface area contributed by atoms with Gasteiger partial charge in [-0.1, -0.05) is 11.3 Å². The Bertz CT molecular complexity index is 709. The smallest absolute Gasteiger partial charge is 0.223 e. The predicted octanol–water partition coefficient (Wildman–Crippen LogP) is 2.07. The Morgan fingerprint density at radius 3 is 2.75 bits per heavy atom. The van der Waals surface area contributed by atoms with Gasteiger partial charge in [-0.3, -0.25) is 9.78 Å². The number of rotatable bonds is 5. The fourth-order valence-electron chi connectivity index (χ4n) is 2.74. The van der Waals surface area contributed by atoms with Gasteiger partial charge in [0.1, 0.15) is 0 Å². The maximum atomic E-state index is 12.0. The maximum Gasteiger partial charge on any atom is 0.223 e. The van der Waals surface area contributed by atoms with Crippen molar-refractivity contribution >= 4 is 22.4 Å². The Morgan fingerprint density at radius 1 is 1.29 bits per heavy atom. The van der Waals surface area contributed by atoms with Crippen LogP contribution in [0, 0.1) is 5.92 Å². The van der Waals surface area contributed by atoms with Crippen molar-refractivity contribution in [3.63, 3.8) is 0 Å². The molecule has 0 bridgehead atoms. The Hall–Kier alpha value is -1.99. The highest BCUT2D eigenvalue weighted by Gasteiger charge is 2.29. The van der Waals surface area contributed by atoms with Crippen LogP contribution in [0.1, 0.15) is 18.5 Å². The van der Waals surface area contributed by atoms with Crippen LogP contribution in [-0.4, -0.2) is 42.2 Å². The summed E-state index contributed by atoms with van der Waals surface area (Å²) in [6, 6.07) is 3.98. The van der Waals surface area contributed by atoms with Gasteiger partial charge in [0.2, 0.25) is 5.91 Å². The van der Waals surface area contributed by atoms with E-state index >= 15 is 0 Å². The van der Waals surface area contributed by atoms with Crippen LogP contribution < -0.4 is 10.2 Å². The third-order valence-electron chi connectivity index (χ3n) is 4.29. The minimum Gasteiger partial charge on any atom is -0.378 e. The summed E-state index contributed by atoms with van der Waals surface area (Å²) in [5.74, 6) is 0.364. The summed E-state index contributed by atoms with van der Waals surface area (Å²) in [7, 11) is 0. The highest BCUT2D eigenvalue weighted by atomic mass is 32.1. The number of aromatic nitrogens is 2. The fourth-order valence-corrected chi connectivity index (χ4v) is 3.88. The molecule has 6 nitrogen and oxygen atoms in total. The van der Waals surface area contributed by atoms with Crippen molar-refractivity contribution in [3.05, 3.63) is 30.2 Å². The van der Waals surface area contributed by atoms with Gasteiger partial charge in [0.05, 0.1) is 30.3 Å². The first-order chi connectivity index (χ1) is 11.8. The molecule has 2 aromatic heterocycles. The Balaban J connectivity index is 1.59. The van der Waals surface area contributed by atoms with E-state index in [1.54, 1.807) is 23.7 Å². The van der Waals surface area contributed by atoms with Crippen LogP contribution in [-0.2, 0) is 16.1 Å². The molecule has 4 rings (SSSR count). The average molecular weight is 344 g/mol. The van der Waals surface area contributed by atoms with Crippen molar-refractivity contribution in [1.29, 1.82) is 0 Å². The molecule has 2 fully saturated rings. The third-order valence-corrected chi connectivity index (χ3v) is 5.50. The molecule has 1 aliphatic carbocycles. The second-order valence-electron chi connectivity index (χ2n) is 6.10. The van der Waals surface area contributed by atoms with Crippen LogP contribution in [0.25, 0.3) is 10.4 Å². The predicted molar refractivity (Wildman–Crippen MR) is 92.9 cm³/mol. The summed E-state index contributed by atoms with van der Waals surface area (Å²) < 4.78 is 5.43. The number of hydrogen-bond donors (Lipinski definition) is 1. The van der Waals surface area contributed by atoms with Crippen LogP contribution in [0.5, 0.6) is 0 Å². The summed E-state index contributed by atoms with van der Waals surface area (Å²) in [5.41, 5.74) is 2.03.